The Morgan fingerprint density at radius 2 is 1.90 bits per heavy atom. The van der Waals surface area contributed by atoms with Crippen molar-refractivity contribution in [2.24, 2.45) is 0 Å². The zero-order valence-corrected chi connectivity index (χ0v) is 17.2. The van der Waals surface area contributed by atoms with Gasteiger partial charge in [0.2, 0.25) is 0 Å². The Kier molecular flexibility index (Phi) is 6.23. The van der Waals surface area contributed by atoms with E-state index in [1.54, 1.807) is 42.1 Å². The summed E-state index contributed by atoms with van der Waals surface area (Å²) in [6.07, 6.45) is 2.26. The van der Waals surface area contributed by atoms with Crippen LogP contribution in [0.25, 0.3) is 0 Å². The van der Waals surface area contributed by atoms with Crippen molar-refractivity contribution in [1.82, 2.24) is 14.8 Å². The van der Waals surface area contributed by atoms with Crippen molar-refractivity contribution in [2.45, 2.75) is 30.6 Å². The second-order valence-electron chi connectivity index (χ2n) is 6.55. The lowest BCUT2D eigenvalue weighted by atomic mass is 10.2. The third-order valence-electron chi connectivity index (χ3n) is 4.41. The monoisotopic (exact) mass is 426 g/mol. The molecule has 3 aromatic rings. The first-order chi connectivity index (χ1) is 14.2. The molecule has 6 nitrogen and oxygen atoms in total. The maximum absolute atomic E-state index is 8.84. The molecule has 2 aromatic carbocycles. The minimum absolute atomic E-state index is 0.329. The molecule has 1 aromatic heterocycles. The van der Waals surface area contributed by atoms with Crippen molar-refractivity contribution in [3.8, 4) is 17.6 Å². The predicted molar refractivity (Wildman–Crippen MR) is 111 cm³/mol. The van der Waals surface area contributed by atoms with Crippen molar-refractivity contribution in [3.63, 3.8) is 0 Å². The van der Waals surface area contributed by atoms with Gasteiger partial charge >= 0.3 is 0 Å². The Labute approximate surface area is 178 Å². The molecule has 29 heavy (non-hydrogen) atoms. The van der Waals surface area contributed by atoms with Gasteiger partial charge in [0.25, 0.3) is 0 Å². The summed E-state index contributed by atoms with van der Waals surface area (Å²) in [6, 6.07) is 17.1. The molecule has 1 saturated carbocycles. The standard InChI is InChI=1S/C21H19ClN4O2S/c22-18-3-1-2-4-19(18)28-14-20-24-25-21(26(20)16-7-8-16)29-12-11-27-17-9-5-15(13-23)6-10-17/h1-6,9-10,16H,7-8,11-12,14H2. The minimum atomic E-state index is 0.329. The van der Waals surface area contributed by atoms with Gasteiger partial charge in [0.15, 0.2) is 11.0 Å². The number of aromatic nitrogens is 3. The zero-order chi connectivity index (χ0) is 20.1. The highest BCUT2D eigenvalue weighted by atomic mass is 35.5. The maximum atomic E-state index is 8.84. The molecule has 0 aliphatic heterocycles. The lowest BCUT2D eigenvalue weighted by Crippen LogP contribution is -2.08. The van der Waals surface area contributed by atoms with Crippen LogP contribution in [0.4, 0.5) is 0 Å². The van der Waals surface area contributed by atoms with Crippen molar-refractivity contribution in [3.05, 3.63) is 64.9 Å². The molecule has 1 heterocycles. The van der Waals surface area contributed by atoms with Crippen LogP contribution in [0.1, 0.15) is 30.3 Å². The van der Waals surface area contributed by atoms with Crippen LogP contribution in [-0.4, -0.2) is 27.1 Å². The Morgan fingerprint density at radius 1 is 1.10 bits per heavy atom. The second-order valence-corrected chi connectivity index (χ2v) is 8.02. The molecule has 1 fully saturated rings. The number of ether oxygens (including phenoxy) is 2. The summed E-state index contributed by atoms with van der Waals surface area (Å²) in [6.45, 7) is 0.870. The number of para-hydroxylation sites is 1. The Hall–Kier alpha value is -2.69. The average molecular weight is 427 g/mol. The molecule has 1 aliphatic rings. The van der Waals surface area contributed by atoms with Gasteiger partial charge in [0, 0.05) is 11.8 Å². The smallest absolute Gasteiger partial charge is 0.191 e. The molecule has 0 spiro atoms. The van der Waals surface area contributed by atoms with Crippen LogP contribution in [0.2, 0.25) is 5.02 Å². The summed E-state index contributed by atoms with van der Waals surface area (Å²) in [5.74, 6) is 2.95. The van der Waals surface area contributed by atoms with Gasteiger partial charge in [0.1, 0.15) is 18.1 Å². The Morgan fingerprint density at radius 3 is 2.62 bits per heavy atom. The molecule has 1 aliphatic carbocycles. The average Bonchev–Trinajstić information content (AvgIpc) is 3.51. The molecule has 0 atom stereocenters. The van der Waals surface area contributed by atoms with Crippen LogP contribution in [0.3, 0.4) is 0 Å². The normalized spacial score (nSPS) is 13.1. The van der Waals surface area contributed by atoms with Gasteiger partial charge in [0.05, 0.1) is 23.3 Å². The van der Waals surface area contributed by atoms with Crippen molar-refractivity contribution < 1.29 is 9.47 Å². The van der Waals surface area contributed by atoms with Crippen molar-refractivity contribution in [2.75, 3.05) is 12.4 Å². The molecule has 0 N–H and O–H groups in total. The lowest BCUT2D eigenvalue weighted by Gasteiger charge is -2.11. The van der Waals surface area contributed by atoms with E-state index in [0.29, 0.717) is 35.6 Å². The first-order valence-corrected chi connectivity index (χ1v) is 10.7. The van der Waals surface area contributed by atoms with Crippen molar-refractivity contribution >= 4 is 23.4 Å². The summed E-state index contributed by atoms with van der Waals surface area (Å²) < 4.78 is 13.8. The predicted octanol–water partition coefficient (Wildman–Crippen LogP) is 4.89. The van der Waals surface area contributed by atoms with Gasteiger partial charge in [-0.2, -0.15) is 5.26 Å². The van der Waals surface area contributed by atoms with Gasteiger partial charge in [-0.15, -0.1) is 10.2 Å². The lowest BCUT2D eigenvalue weighted by molar-refractivity contribution is 0.288. The van der Waals surface area contributed by atoms with Crippen LogP contribution in [0.15, 0.2) is 53.7 Å². The van der Waals surface area contributed by atoms with E-state index < -0.39 is 0 Å². The molecule has 148 valence electrons. The van der Waals surface area contributed by atoms with E-state index in [1.165, 1.54) is 0 Å². The molecule has 8 heteroatoms. The van der Waals surface area contributed by atoms with E-state index in [1.807, 2.05) is 18.2 Å². The van der Waals surface area contributed by atoms with Gasteiger partial charge in [-0.25, -0.2) is 0 Å². The molecule has 4 rings (SSSR count). The summed E-state index contributed by atoms with van der Waals surface area (Å²) >= 11 is 7.78. The number of thioether (sulfide) groups is 1. The third kappa shape index (κ3) is 5.03. The van der Waals surface area contributed by atoms with Gasteiger partial charge in [-0.3, -0.25) is 0 Å². The molecule has 0 radical (unpaired) electrons. The van der Waals surface area contributed by atoms with E-state index in [2.05, 4.69) is 20.8 Å². The number of hydrogen-bond acceptors (Lipinski definition) is 6. The van der Waals surface area contributed by atoms with Crippen LogP contribution in [0, 0.1) is 11.3 Å². The largest absolute Gasteiger partial charge is 0.493 e. The summed E-state index contributed by atoms with van der Waals surface area (Å²) in [4.78, 5) is 0. The summed E-state index contributed by atoms with van der Waals surface area (Å²) in [5.41, 5.74) is 0.621. The fourth-order valence-corrected chi connectivity index (χ4v) is 3.86. The highest BCUT2D eigenvalue weighted by Crippen LogP contribution is 2.39. The molecular weight excluding hydrogens is 408 g/mol. The Balaban J connectivity index is 1.33. The van der Waals surface area contributed by atoms with Gasteiger partial charge < -0.3 is 14.0 Å². The van der Waals surface area contributed by atoms with E-state index in [4.69, 9.17) is 26.3 Å². The highest BCUT2D eigenvalue weighted by Gasteiger charge is 2.29. The van der Waals surface area contributed by atoms with Gasteiger partial charge in [-0.05, 0) is 49.2 Å². The molecule has 0 amide bonds. The van der Waals surface area contributed by atoms with Crippen LogP contribution in [0.5, 0.6) is 11.5 Å². The first kappa shape index (κ1) is 19.6. The first-order valence-electron chi connectivity index (χ1n) is 9.31. The fourth-order valence-electron chi connectivity index (χ4n) is 2.83. The molecule has 0 bridgehead atoms. The second kappa shape index (κ2) is 9.21. The summed E-state index contributed by atoms with van der Waals surface area (Å²) in [5, 5.41) is 19.0. The number of rotatable bonds is 9. The number of hydrogen-bond donors (Lipinski definition) is 0. The van der Waals surface area contributed by atoms with Crippen LogP contribution < -0.4 is 9.47 Å². The topological polar surface area (TPSA) is 73.0 Å². The highest BCUT2D eigenvalue weighted by molar-refractivity contribution is 7.99. The van der Waals surface area contributed by atoms with Crippen LogP contribution in [-0.2, 0) is 6.61 Å². The number of nitriles is 1. The van der Waals surface area contributed by atoms with Crippen LogP contribution >= 0.6 is 23.4 Å². The minimum Gasteiger partial charge on any atom is -0.493 e. The molecular formula is C21H19ClN4O2S. The Bertz CT molecular complexity index is 1010. The maximum Gasteiger partial charge on any atom is 0.191 e. The molecule has 0 unspecified atom stereocenters. The number of benzene rings is 2. The van der Waals surface area contributed by atoms with Gasteiger partial charge in [-0.1, -0.05) is 35.5 Å². The number of nitrogens with zero attached hydrogens (tertiary/aromatic N) is 4. The van der Waals surface area contributed by atoms with Crippen molar-refractivity contribution in [1.29, 1.82) is 5.26 Å². The quantitative estimate of drug-likeness (QED) is 0.358. The number of halogens is 1. The summed E-state index contributed by atoms with van der Waals surface area (Å²) in [7, 11) is 0. The fraction of sp³-hybridized carbons (Fsp3) is 0.286. The van der Waals surface area contributed by atoms with E-state index in [9.17, 15) is 0 Å². The van der Waals surface area contributed by atoms with E-state index >= 15 is 0 Å². The van der Waals surface area contributed by atoms with E-state index in [0.717, 1.165) is 35.3 Å². The van der Waals surface area contributed by atoms with E-state index in [-0.39, 0.29) is 0 Å². The third-order valence-corrected chi connectivity index (χ3v) is 5.63. The zero-order valence-electron chi connectivity index (χ0n) is 15.6. The molecule has 0 saturated heterocycles. The SMILES string of the molecule is N#Cc1ccc(OCCSc2nnc(COc3ccccc3Cl)n2C2CC2)cc1.